The number of benzene rings is 1. The Morgan fingerprint density at radius 1 is 1.29 bits per heavy atom. The predicted molar refractivity (Wildman–Crippen MR) is 96.0 cm³/mol. The number of carbonyl (C=O) groups is 1. The number of pyridine rings is 1. The van der Waals surface area contributed by atoms with Crippen LogP contribution in [0.2, 0.25) is 0 Å². The lowest BCUT2D eigenvalue weighted by Gasteiger charge is -2.28. The van der Waals surface area contributed by atoms with E-state index in [9.17, 15) is 4.79 Å². The Labute approximate surface area is 142 Å². The van der Waals surface area contributed by atoms with Crippen molar-refractivity contribution in [3.8, 4) is 0 Å². The second-order valence-corrected chi connectivity index (χ2v) is 6.94. The molecule has 0 unspecified atom stereocenters. The molecule has 4 nitrogen and oxygen atoms in total. The molecule has 0 saturated heterocycles. The van der Waals surface area contributed by atoms with E-state index in [1.165, 1.54) is 0 Å². The minimum absolute atomic E-state index is 0.346. The van der Waals surface area contributed by atoms with E-state index >= 15 is 0 Å². The van der Waals surface area contributed by atoms with E-state index in [-0.39, 0.29) is 6.09 Å². The van der Waals surface area contributed by atoms with Crippen LogP contribution in [0.3, 0.4) is 0 Å². The zero-order valence-electron chi connectivity index (χ0n) is 14.4. The van der Waals surface area contributed by atoms with Crippen molar-refractivity contribution in [2.45, 2.75) is 39.3 Å². The summed E-state index contributed by atoms with van der Waals surface area (Å²) >= 11 is 0. The van der Waals surface area contributed by atoms with Crippen LogP contribution in [0.1, 0.15) is 43.2 Å². The minimum Gasteiger partial charge on any atom is -0.443 e. The van der Waals surface area contributed by atoms with Gasteiger partial charge in [0, 0.05) is 18.3 Å². The van der Waals surface area contributed by atoms with Crippen molar-refractivity contribution in [3.05, 3.63) is 65.5 Å². The number of anilines is 1. The SMILES string of the molecule is C=Cc1ccc2c(c1)N(C(=O)OC(C)(C)C)Cc1cccnc1C2. The summed E-state index contributed by atoms with van der Waals surface area (Å²) in [7, 11) is 0. The highest BCUT2D eigenvalue weighted by Crippen LogP contribution is 2.32. The van der Waals surface area contributed by atoms with E-state index in [1.807, 2.05) is 51.1 Å². The molecular weight excluding hydrogens is 300 g/mol. The van der Waals surface area contributed by atoms with Crippen LogP contribution in [0, 0.1) is 0 Å². The molecule has 0 bridgehead atoms. The van der Waals surface area contributed by atoms with Crippen molar-refractivity contribution in [2.75, 3.05) is 4.90 Å². The van der Waals surface area contributed by atoms with Crippen LogP contribution in [0.15, 0.2) is 43.1 Å². The molecule has 2 heterocycles. The highest BCUT2D eigenvalue weighted by Gasteiger charge is 2.28. The predicted octanol–water partition coefficient (Wildman–Crippen LogP) is 4.57. The van der Waals surface area contributed by atoms with Gasteiger partial charge < -0.3 is 4.74 Å². The molecule has 1 amide bonds. The maximum absolute atomic E-state index is 12.8. The standard InChI is InChI=1S/C20H22N2O2/c1-5-14-8-9-15-12-17-16(7-6-10-21-17)13-22(18(15)11-14)19(23)24-20(2,3)4/h5-11H,1,12-13H2,2-4H3. The topological polar surface area (TPSA) is 42.4 Å². The molecular formula is C20H22N2O2. The summed E-state index contributed by atoms with van der Waals surface area (Å²) in [5, 5.41) is 0. The van der Waals surface area contributed by atoms with E-state index in [2.05, 4.69) is 11.6 Å². The zero-order valence-corrected chi connectivity index (χ0v) is 14.4. The van der Waals surface area contributed by atoms with Gasteiger partial charge in [0.25, 0.3) is 0 Å². The van der Waals surface area contributed by atoms with Crippen LogP contribution in [0.4, 0.5) is 10.5 Å². The third-order valence-corrected chi connectivity index (χ3v) is 3.92. The quantitative estimate of drug-likeness (QED) is 0.772. The normalized spacial score (nSPS) is 13.5. The van der Waals surface area contributed by atoms with Crippen molar-refractivity contribution in [1.29, 1.82) is 0 Å². The Bertz CT molecular complexity index is 790. The first-order valence-corrected chi connectivity index (χ1v) is 8.06. The first kappa shape index (κ1) is 16.2. The highest BCUT2D eigenvalue weighted by atomic mass is 16.6. The van der Waals surface area contributed by atoms with Crippen LogP contribution >= 0.6 is 0 Å². The zero-order chi connectivity index (χ0) is 17.3. The number of ether oxygens (including phenoxy) is 1. The number of carbonyl (C=O) groups excluding carboxylic acids is 1. The highest BCUT2D eigenvalue weighted by molar-refractivity contribution is 5.90. The molecule has 0 aliphatic carbocycles. The van der Waals surface area contributed by atoms with E-state index in [0.717, 1.165) is 28.1 Å². The lowest BCUT2D eigenvalue weighted by Crippen LogP contribution is -2.36. The van der Waals surface area contributed by atoms with Crippen LogP contribution in [-0.2, 0) is 17.7 Å². The lowest BCUT2D eigenvalue weighted by atomic mass is 10.0. The van der Waals surface area contributed by atoms with Crippen molar-refractivity contribution in [2.24, 2.45) is 0 Å². The summed E-state index contributed by atoms with van der Waals surface area (Å²) in [6, 6.07) is 9.94. The van der Waals surface area contributed by atoms with Gasteiger partial charge in [-0.2, -0.15) is 0 Å². The molecule has 1 aromatic carbocycles. The van der Waals surface area contributed by atoms with Gasteiger partial charge in [0.1, 0.15) is 5.60 Å². The lowest BCUT2D eigenvalue weighted by molar-refractivity contribution is 0.0577. The van der Waals surface area contributed by atoms with E-state index < -0.39 is 5.60 Å². The first-order valence-electron chi connectivity index (χ1n) is 8.06. The Hall–Kier alpha value is -2.62. The Morgan fingerprint density at radius 2 is 2.08 bits per heavy atom. The number of amides is 1. The van der Waals surface area contributed by atoms with Gasteiger partial charge in [0.15, 0.2) is 0 Å². The second kappa shape index (κ2) is 6.11. The smallest absolute Gasteiger partial charge is 0.415 e. The van der Waals surface area contributed by atoms with Gasteiger partial charge in [-0.1, -0.05) is 30.9 Å². The maximum atomic E-state index is 12.8. The number of rotatable bonds is 1. The number of hydrogen-bond donors (Lipinski definition) is 0. The fourth-order valence-electron chi connectivity index (χ4n) is 2.80. The van der Waals surface area contributed by atoms with E-state index in [1.54, 1.807) is 17.2 Å². The third-order valence-electron chi connectivity index (χ3n) is 3.92. The fraction of sp³-hybridized carbons (Fsp3) is 0.300. The van der Waals surface area contributed by atoms with E-state index in [4.69, 9.17) is 4.74 Å². The van der Waals surface area contributed by atoms with E-state index in [0.29, 0.717) is 13.0 Å². The molecule has 1 aliphatic rings. The molecule has 0 radical (unpaired) electrons. The summed E-state index contributed by atoms with van der Waals surface area (Å²) in [6.07, 6.45) is 3.92. The molecule has 0 N–H and O–H groups in total. The Morgan fingerprint density at radius 3 is 2.79 bits per heavy atom. The fourth-order valence-corrected chi connectivity index (χ4v) is 2.80. The monoisotopic (exact) mass is 322 g/mol. The largest absolute Gasteiger partial charge is 0.443 e. The van der Waals surface area contributed by atoms with Gasteiger partial charge in [-0.05, 0) is 49.6 Å². The van der Waals surface area contributed by atoms with Gasteiger partial charge >= 0.3 is 6.09 Å². The number of fused-ring (bicyclic) bond motifs is 2. The molecule has 0 fully saturated rings. The Kier molecular flexibility index (Phi) is 4.14. The molecule has 0 saturated carbocycles. The van der Waals surface area contributed by atoms with Gasteiger partial charge in [-0.15, -0.1) is 0 Å². The number of nitrogens with zero attached hydrogens (tertiary/aromatic N) is 2. The van der Waals surface area contributed by atoms with Crippen LogP contribution in [-0.4, -0.2) is 16.7 Å². The van der Waals surface area contributed by atoms with Crippen molar-refractivity contribution >= 4 is 17.9 Å². The molecule has 3 rings (SSSR count). The molecule has 4 heteroatoms. The average Bonchev–Trinajstić information content (AvgIpc) is 2.69. The second-order valence-electron chi connectivity index (χ2n) is 6.94. The van der Waals surface area contributed by atoms with Gasteiger partial charge in [0.05, 0.1) is 12.2 Å². The van der Waals surface area contributed by atoms with Crippen LogP contribution in [0.25, 0.3) is 6.08 Å². The van der Waals surface area contributed by atoms with Crippen molar-refractivity contribution in [1.82, 2.24) is 4.98 Å². The molecule has 2 aromatic rings. The minimum atomic E-state index is -0.544. The van der Waals surface area contributed by atoms with Crippen molar-refractivity contribution in [3.63, 3.8) is 0 Å². The van der Waals surface area contributed by atoms with Crippen LogP contribution < -0.4 is 4.90 Å². The summed E-state index contributed by atoms with van der Waals surface area (Å²) in [4.78, 5) is 19.0. The number of hydrogen-bond acceptors (Lipinski definition) is 3. The third kappa shape index (κ3) is 3.32. The van der Waals surface area contributed by atoms with Crippen LogP contribution in [0.5, 0.6) is 0 Å². The van der Waals surface area contributed by atoms with Gasteiger partial charge in [0.2, 0.25) is 0 Å². The summed E-state index contributed by atoms with van der Waals surface area (Å²) in [5.74, 6) is 0. The summed E-state index contributed by atoms with van der Waals surface area (Å²) in [5.41, 5.74) is 4.39. The maximum Gasteiger partial charge on any atom is 0.415 e. The Balaban J connectivity index is 2.09. The average molecular weight is 322 g/mol. The summed E-state index contributed by atoms with van der Waals surface area (Å²) < 4.78 is 5.62. The number of aromatic nitrogens is 1. The molecule has 24 heavy (non-hydrogen) atoms. The first-order chi connectivity index (χ1) is 11.4. The molecule has 1 aliphatic heterocycles. The van der Waals surface area contributed by atoms with Gasteiger partial charge in [-0.25, -0.2) is 4.79 Å². The molecule has 0 spiro atoms. The van der Waals surface area contributed by atoms with Gasteiger partial charge in [-0.3, -0.25) is 9.88 Å². The molecule has 124 valence electrons. The summed E-state index contributed by atoms with van der Waals surface area (Å²) in [6.45, 7) is 9.90. The van der Waals surface area contributed by atoms with Crippen molar-refractivity contribution < 1.29 is 9.53 Å². The molecule has 1 aromatic heterocycles. The molecule has 0 atom stereocenters.